The lowest BCUT2D eigenvalue weighted by Gasteiger charge is -2.40. The smallest absolute Gasteiger partial charge is 0.373 e. The Morgan fingerprint density at radius 3 is 2.76 bits per heavy atom. The number of aliphatic hydroxyl groups is 1. The van der Waals surface area contributed by atoms with Gasteiger partial charge in [-0.25, -0.2) is 4.79 Å². The molecule has 0 spiro atoms. The molecule has 1 aromatic heterocycles. The largest absolute Gasteiger partial charge is 0.463 e. The summed E-state index contributed by atoms with van der Waals surface area (Å²) in [7, 11) is 1.33. The molecule has 1 saturated carbocycles. The van der Waals surface area contributed by atoms with Gasteiger partial charge in [0.1, 0.15) is 5.76 Å². The maximum Gasteiger partial charge on any atom is 0.373 e. The van der Waals surface area contributed by atoms with Gasteiger partial charge in [0.25, 0.3) is 0 Å². The van der Waals surface area contributed by atoms with Gasteiger partial charge in [-0.1, -0.05) is 6.92 Å². The van der Waals surface area contributed by atoms with E-state index in [2.05, 4.69) is 17.0 Å². The van der Waals surface area contributed by atoms with Gasteiger partial charge >= 0.3 is 5.97 Å². The van der Waals surface area contributed by atoms with Crippen molar-refractivity contribution >= 4 is 5.97 Å². The number of ether oxygens (including phenoxy) is 1. The van der Waals surface area contributed by atoms with Crippen LogP contribution in [0.25, 0.3) is 0 Å². The van der Waals surface area contributed by atoms with Crippen molar-refractivity contribution in [1.82, 2.24) is 5.32 Å². The Bertz CT molecular complexity index is 474. The van der Waals surface area contributed by atoms with Crippen LogP contribution in [0.3, 0.4) is 0 Å². The Balaban J connectivity index is 2.04. The zero-order valence-corrected chi connectivity index (χ0v) is 13.0. The van der Waals surface area contributed by atoms with Crippen molar-refractivity contribution in [1.29, 1.82) is 0 Å². The third kappa shape index (κ3) is 3.66. The SMILES string of the molecule is COC(=O)c1ccc(C(C)NC2(CO)CCC(C)CC2)o1. The number of hydrogen-bond donors (Lipinski definition) is 2. The van der Waals surface area contributed by atoms with Gasteiger partial charge in [0.05, 0.1) is 19.8 Å². The minimum atomic E-state index is -0.475. The van der Waals surface area contributed by atoms with E-state index in [1.165, 1.54) is 7.11 Å². The fourth-order valence-electron chi connectivity index (χ4n) is 2.99. The molecule has 0 saturated heterocycles. The van der Waals surface area contributed by atoms with Gasteiger partial charge < -0.3 is 14.3 Å². The highest BCUT2D eigenvalue weighted by Gasteiger charge is 2.35. The number of methoxy groups -OCH3 is 1. The lowest BCUT2D eigenvalue weighted by Crippen LogP contribution is -2.51. The second-order valence-electron chi connectivity index (χ2n) is 6.18. The molecule has 1 fully saturated rings. The quantitative estimate of drug-likeness (QED) is 0.817. The molecule has 2 rings (SSSR count). The second kappa shape index (κ2) is 6.62. The summed E-state index contributed by atoms with van der Waals surface area (Å²) in [4.78, 5) is 11.4. The molecule has 1 atom stereocenters. The van der Waals surface area contributed by atoms with E-state index < -0.39 is 5.97 Å². The van der Waals surface area contributed by atoms with Gasteiger partial charge in [-0.2, -0.15) is 0 Å². The van der Waals surface area contributed by atoms with Crippen LogP contribution in [0.5, 0.6) is 0 Å². The van der Waals surface area contributed by atoms with Crippen LogP contribution in [0.15, 0.2) is 16.5 Å². The van der Waals surface area contributed by atoms with Crippen molar-refractivity contribution in [3.63, 3.8) is 0 Å². The van der Waals surface area contributed by atoms with Crippen LogP contribution in [-0.4, -0.2) is 30.3 Å². The number of furan rings is 1. The first kappa shape index (κ1) is 16.0. The average molecular weight is 295 g/mol. The van der Waals surface area contributed by atoms with E-state index in [1.807, 2.05) is 6.92 Å². The molecule has 0 aliphatic heterocycles. The third-order valence-corrected chi connectivity index (χ3v) is 4.50. The summed E-state index contributed by atoms with van der Waals surface area (Å²) < 4.78 is 10.2. The Hall–Kier alpha value is -1.33. The van der Waals surface area contributed by atoms with Crippen molar-refractivity contribution in [2.45, 2.75) is 51.1 Å². The highest BCUT2D eigenvalue weighted by molar-refractivity contribution is 5.86. The van der Waals surface area contributed by atoms with Crippen LogP contribution in [0.1, 0.15) is 61.9 Å². The van der Waals surface area contributed by atoms with E-state index in [9.17, 15) is 9.90 Å². The van der Waals surface area contributed by atoms with Crippen molar-refractivity contribution < 1.29 is 19.1 Å². The number of carbonyl (C=O) groups is 1. The van der Waals surface area contributed by atoms with Gasteiger partial charge in [-0.15, -0.1) is 0 Å². The lowest BCUT2D eigenvalue weighted by atomic mass is 9.77. The molecule has 1 aromatic rings. The van der Waals surface area contributed by atoms with Crippen LogP contribution in [-0.2, 0) is 4.74 Å². The van der Waals surface area contributed by atoms with Crippen molar-refractivity contribution in [2.75, 3.05) is 13.7 Å². The molecule has 21 heavy (non-hydrogen) atoms. The highest BCUT2D eigenvalue weighted by Crippen LogP contribution is 2.33. The molecule has 118 valence electrons. The predicted octanol–water partition coefficient (Wildman–Crippen LogP) is 2.66. The first-order valence-corrected chi connectivity index (χ1v) is 7.56. The number of carbonyl (C=O) groups excluding carboxylic acids is 1. The molecule has 0 bridgehead atoms. The summed E-state index contributed by atoms with van der Waals surface area (Å²) in [6, 6.07) is 3.33. The summed E-state index contributed by atoms with van der Waals surface area (Å²) >= 11 is 0. The number of hydrogen-bond acceptors (Lipinski definition) is 5. The standard InChI is InChI=1S/C16H25NO4/c1-11-6-8-16(10-18,9-7-11)17-12(2)13-4-5-14(21-13)15(19)20-3/h4-5,11-12,17-18H,6-10H2,1-3H3. The minimum Gasteiger partial charge on any atom is -0.463 e. The van der Waals surface area contributed by atoms with Crippen LogP contribution >= 0.6 is 0 Å². The average Bonchev–Trinajstić information content (AvgIpc) is 2.99. The molecule has 5 nitrogen and oxygen atoms in total. The summed E-state index contributed by atoms with van der Waals surface area (Å²) in [6.45, 7) is 4.35. The maximum absolute atomic E-state index is 11.4. The molecule has 1 heterocycles. The molecule has 2 N–H and O–H groups in total. The summed E-state index contributed by atoms with van der Waals surface area (Å²) in [6.07, 6.45) is 4.15. The van der Waals surface area contributed by atoms with Crippen molar-refractivity contribution in [3.8, 4) is 0 Å². The Morgan fingerprint density at radius 1 is 1.52 bits per heavy atom. The van der Waals surface area contributed by atoms with Gasteiger partial charge in [0.2, 0.25) is 5.76 Å². The van der Waals surface area contributed by atoms with Crippen LogP contribution in [0.2, 0.25) is 0 Å². The zero-order valence-electron chi connectivity index (χ0n) is 13.0. The molecule has 0 aromatic carbocycles. The molecule has 5 heteroatoms. The lowest BCUT2D eigenvalue weighted by molar-refractivity contribution is 0.0559. The fourth-order valence-corrected chi connectivity index (χ4v) is 2.99. The van der Waals surface area contributed by atoms with Gasteiger partial charge in [0, 0.05) is 5.54 Å². The van der Waals surface area contributed by atoms with Crippen LogP contribution in [0, 0.1) is 5.92 Å². The first-order valence-electron chi connectivity index (χ1n) is 7.56. The Kier molecular flexibility index (Phi) is 5.06. The maximum atomic E-state index is 11.4. The molecule has 0 radical (unpaired) electrons. The van der Waals surface area contributed by atoms with E-state index in [4.69, 9.17) is 4.42 Å². The van der Waals surface area contributed by atoms with Crippen molar-refractivity contribution in [3.05, 3.63) is 23.7 Å². The van der Waals surface area contributed by atoms with E-state index in [0.29, 0.717) is 5.76 Å². The normalized spacial score (nSPS) is 27.3. The van der Waals surface area contributed by atoms with E-state index >= 15 is 0 Å². The van der Waals surface area contributed by atoms with Crippen molar-refractivity contribution in [2.24, 2.45) is 5.92 Å². The molecule has 1 aliphatic rings. The molecule has 1 aliphatic carbocycles. The molecular formula is C16H25NO4. The Morgan fingerprint density at radius 2 is 2.19 bits per heavy atom. The summed E-state index contributed by atoms with van der Waals surface area (Å²) in [5, 5.41) is 13.3. The zero-order chi connectivity index (χ0) is 15.5. The predicted molar refractivity (Wildman–Crippen MR) is 79.0 cm³/mol. The number of nitrogens with one attached hydrogen (secondary N) is 1. The first-order chi connectivity index (χ1) is 9.99. The topological polar surface area (TPSA) is 71.7 Å². The van der Waals surface area contributed by atoms with Crippen LogP contribution in [0.4, 0.5) is 0 Å². The highest BCUT2D eigenvalue weighted by atomic mass is 16.5. The number of aliphatic hydroxyl groups excluding tert-OH is 1. The van der Waals surface area contributed by atoms with Gasteiger partial charge in [0.15, 0.2) is 0 Å². The minimum absolute atomic E-state index is 0.0658. The molecular weight excluding hydrogens is 270 g/mol. The monoisotopic (exact) mass is 295 g/mol. The van der Waals surface area contributed by atoms with Gasteiger partial charge in [-0.05, 0) is 50.7 Å². The molecule has 0 amide bonds. The third-order valence-electron chi connectivity index (χ3n) is 4.50. The van der Waals surface area contributed by atoms with Gasteiger partial charge in [-0.3, -0.25) is 5.32 Å². The fraction of sp³-hybridized carbons (Fsp3) is 0.688. The Labute approximate surface area is 125 Å². The number of esters is 1. The van der Waals surface area contributed by atoms with E-state index in [0.717, 1.165) is 31.6 Å². The van der Waals surface area contributed by atoms with E-state index in [-0.39, 0.29) is 23.9 Å². The number of rotatable bonds is 5. The summed E-state index contributed by atoms with van der Waals surface area (Å²) in [5.74, 6) is 1.13. The van der Waals surface area contributed by atoms with Crippen LogP contribution < -0.4 is 5.32 Å². The van der Waals surface area contributed by atoms with E-state index in [1.54, 1.807) is 12.1 Å². The second-order valence-corrected chi connectivity index (χ2v) is 6.18. The summed E-state index contributed by atoms with van der Waals surface area (Å²) in [5.41, 5.74) is -0.246. The molecule has 1 unspecified atom stereocenters.